The molecule has 31 heavy (non-hydrogen) atoms. The zero-order chi connectivity index (χ0) is 21.2. The van der Waals surface area contributed by atoms with Crippen LogP contribution in [0.15, 0.2) is 88.4 Å². The molecule has 0 saturated carbocycles. The van der Waals surface area contributed by atoms with Gasteiger partial charge in [-0.15, -0.1) is 11.3 Å². The van der Waals surface area contributed by atoms with Gasteiger partial charge in [-0.25, -0.2) is 9.97 Å². The summed E-state index contributed by atoms with van der Waals surface area (Å²) in [6.07, 6.45) is 3.35. The van der Waals surface area contributed by atoms with Crippen LogP contribution < -0.4 is 5.56 Å². The first-order valence-corrected chi connectivity index (χ1v) is 11.7. The van der Waals surface area contributed by atoms with Crippen LogP contribution in [-0.2, 0) is 5.75 Å². The van der Waals surface area contributed by atoms with E-state index in [0.29, 0.717) is 32.5 Å². The minimum Gasteiger partial charge on any atom is -0.268 e. The Bertz CT molecular complexity index is 1430. The first kappa shape index (κ1) is 19.9. The first-order chi connectivity index (χ1) is 15.2. The number of aromatic nitrogens is 4. The Hall–Kier alpha value is -3.00. The van der Waals surface area contributed by atoms with E-state index in [2.05, 4.69) is 4.98 Å². The van der Waals surface area contributed by atoms with Gasteiger partial charge in [0.2, 0.25) is 0 Å². The molecule has 0 bridgehead atoms. The van der Waals surface area contributed by atoms with Crippen molar-refractivity contribution in [3.63, 3.8) is 0 Å². The predicted octanol–water partition coefficient (Wildman–Crippen LogP) is 5.85. The summed E-state index contributed by atoms with van der Waals surface area (Å²) in [7, 11) is 0. The van der Waals surface area contributed by atoms with Crippen molar-refractivity contribution in [1.82, 2.24) is 19.5 Å². The van der Waals surface area contributed by atoms with Gasteiger partial charge in [-0.05, 0) is 36.4 Å². The number of halogens is 1. The van der Waals surface area contributed by atoms with Crippen LogP contribution in [0.1, 0.15) is 5.01 Å². The van der Waals surface area contributed by atoms with Crippen molar-refractivity contribution in [3.8, 4) is 16.9 Å². The van der Waals surface area contributed by atoms with Crippen LogP contribution in [0, 0.1) is 0 Å². The van der Waals surface area contributed by atoms with Crippen molar-refractivity contribution in [2.45, 2.75) is 10.9 Å². The molecule has 2 aromatic carbocycles. The number of fused-ring (bicyclic) bond motifs is 1. The number of thiazole rings is 1. The molecular weight excluding hydrogens is 448 g/mol. The highest BCUT2D eigenvalue weighted by atomic mass is 35.5. The Morgan fingerprint density at radius 3 is 2.77 bits per heavy atom. The summed E-state index contributed by atoms with van der Waals surface area (Å²) in [4.78, 5) is 26.9. The van der Waals surface area contributed by atoms with Gasteiger partial charge in [0.25, 0.3) is 5.56 Å². The average molecular weight is 463 g/mol. The van der Waals surface area contributed by atoms with Gasteiger partial charge < -0.3 is 0 Å². The van der Waals surface area contributed by atoms with E-state index in [0.717, 1.165) is 16.3 Å². The van der Waals surface area contributed by atoms with Crippen molar-refractivity contribution in [2.75, 3.05) is 0 Å². The quantitative estimate of drug-likeness (QED) is 0.242. The van der Waals surface area contributed by atoms with Crippen molar-refractivity contribution >= 4 is 45.6 Å². The molecule has 3 aromatic heterocycles. The number of pyridine rings is 1. The highest BCUT2D eigenvalue weighted by molar-refractivity contribution is 7.98. The molecule has 0 aliphatic carbocycles. The molecule has 5 nitrogen and oxygen atoms in total. The van der Waals surface area contributed by atoms with E-state index in [-0.39, 0.29) is 5.56 Å². The monoisotopic (exact) mass is 462 g/mol. The molecule has 5 rings (SSSR count). The van der Waals surface area contributed by atoms with Crippen molar-refractivity contribution in [2.24, 2.45) is 0 Å². The molecule has 0 fully saturated rings. The second kappa shape index (κ2) is 8.63. The highest BCUT2D eigenvalue weighted by Crippen LogP contribution is 2.29. The fourth-order valence-electron chi connectivity index (χ4n) is 3.21. The molecule has 0 saturated heterocycles. The fourth-order valence-corrected chi connectivity index (χ4v) is 5.23. The lowest BCUT2D eigenvalue weighted by atomic mass is 10.2. The van der Waals surface area contributed by atoms with Gasteiger partial charge in [-0.2, -0.15) is 0 Å². The Morgan fingerprint density at radius 1 is 1.03 bits per heavy atom. The van der Waals surface area contributed by atoms with Crippen molar-refractivity contribution in [1.29, 1.82) is 0 Å². The van der Waals surface area contributed by atoms with Gasteiger partial charge >= 0.3 is 0 Å². The Labute approximate surface area is 191 Å². The molecule has 0 radical (unpaired) electrons. The molecule has 0 N–H and O–H groups in total. The maximum atomic E-state index is 13.2. The lowest BCUT2D eigenvalue weighted by Crippen LogP contribution is -2.21. The third-order valence-corrected chi connectivity index (χ3v) is 6.86. The first-order valence-electron chi connectivity index (χ1n) is 9.44. The molecule has 0 spiro atoms. The maximum Gasteiger partial charge on any atom is 0.266 e. The third-order valence-electron chi connectivity index (χ3n) is 4.65. The SMILES string of the molecule is O=c1c2ccccc2nc(SCc2nc(-c3cccc(Cl)c3)cs2)n1-c1cccnc1. The zero-order valence-electron chi connectivity index (χ0n) is 16.1. The standard InChI is InChI=1S/C23H15ClN4OS2/c24-16-6-3-5-15(11-16)20-13-30-21(26-20)14-31-23-27-19-9-2-1-8-18(19)22(29)28(23)17-7-4-10-25-12-17/h1-13H,14H2. The van der Waals surface area contributed by atoms with E-state index in [1.54, 1.807) is 34.4 Å². The molecule has 0 aliphatic rings. The minimum atomic E-state index is -0.111. The van der Waals surface area contributed by atoms with E-state index in [1.165, 1.54) is 11.8 Å². The third kappa shape index (κ3) is 4.12. The van der Waals surface area contributed by atoms with Gasteiger partial charge in [-0.1, -0.05) is 47.6 Å². The zero-order valence-corrected chi connectivity index (χ0v) is 18.5. The summed E-state index contributed by atoms with van der Waals surface area (Å²) in [5.41, 5.74) is 3.12. The topological polar surface area (TPSA) is 60.7 Å². The van der Waals surface area contributed by atoms with Crippen molar-refractivity contribution < 1.29 is 0 Å². The van der Waals surface area contributed by atoms with Gasteiger partial charge in [0.15, 0.2) is 5.16 Å². The number of hydrogen-bond acceptors (Lipinski definition) is 6. The van der Waals surface area contributed by atoms with Gasteiger partial charge in [0.05, 0.1) is 34.2 Å². The van der Waals surface area contributed by atoms with Crippen LogP contribution in [0.4, 0.5) is 0 Å². The van der Waals surface area contributed by atoms with Crippen LogP contribution in [0.3, 0.4) is 0 Å². The van der Waals surface area contributed by atoms with Gasteiger partial charge in [0.1, 0.15) is 5.01 Å². The molecule has 3 heterocycles. The normalized spacial score (nSPS) is 11.1. The number of rotatable bonds is 5. The summed E-state index contributed by atoms with van der Waals surface area (Å²) >= 11 is 9.16. The van der Waals surface area contributed by atoms with Gasteiger partial charge in [-0.3, -0.25) is 14.3 Å². The second-order valence-electron chi connectivity index (χ2n) is 6.69. The van der Waals surface area contributed by atoms with Crippen LogP contribution in [0.25, 0.3) is 27.8 Å². The number of hydrogen-bond donors (Lipinski definition) is 0. The number of thioether (sulfide) groups is 1. The lowest BCUT2D eigenvalue weighted by molar-refractivity contribution is 0.815. The van der Waals surface area contributed by atoms with E-state index >= 15 is 0 Å². The number of nitrogens with zero attached hydrogens (tertiary/aromatic N) is 4. The van der Waals surface area contributed by atoms with E-state index in [4.69, 9.17) is 21.6 Å². The minimum absolute atomic E-state index is 0.111. The highest BCUT2D eigenvalue weighted by Gasteiger charge is 2.14. The molecule has 152 valence electrons. The molecule has 0 amide bonds. The van der Waals surface area contributed by atoms with Crippen molar-refractivity contribution in [3.05, 3.63) is 98.8 Å². The fraction of sp³-hybridized carbons (Fsp3) is 0.0435. The molecular formula is C23H15ClN4OS2. The average Bonchev–Trinajstić information content (AvgIpc) is 3.28. The van der Waals surface area contributed by atoms with Crippen LogP contribution in [0.2, 0.25) is 5.02 Å². The molecule has 5 aromatic rings. The van der Waals surface area contributed by atoms with E-state index in [9.17, 15) is 4.79 Å². The Balaban J connectivity index is 1.50. The second-order valence-corrected chi connectivity index (χ2v) is 9.01. The summed E-state index contributed by atoms with van der Waals surface area (Å²) in [6.45, 7) is 0. The lowest BCUT2D eigenvalue weighted by Gasteiger charge is -2.12. The van der Waals surface area contributed by atoms with Crippen LogP contribution >= 0.6 is 34.7 Å². The molecule has 0 atom stereocenters. The summed E-state index contributed by atoms with van der Waals surface area (Å²) in [5.74, 6) is 0.594. The largest absolute Gasteiger partial charge is 0.268 e. The number of para-hydroxylation sites is 1. The summed E-state index contributed by atoms with van der Waals surface area (Å²) in [5, 5.41) is 4.83. The van der Waals surface area contributed by atoms with Gasteiger partial charge in [0, 0.05) is 22.2 Å². The summed E-state index contributed by atoms with van der Waals surface area (Å²) < 4.78 is 1.62. The molecule has 8 heteroatoms. The van der Waals surface area contributed by atoms with Crippen LogP contribution in [0.5, 0.6) is 0 Å². The predicted molar refractivity (Wildman–Crippen MR) is 127 cm³/mol. The Morgan fingerprint density at radius 2 is 1.94 bits per heavy atom. The van der Waals surface area contributed by atoms with Crippen LogP contribution in [-0.4, -0.2) is 19.5 Å². The molecule has 0 unspecified atom stereocenters. The molecule has 0 aliphatic heterocycles. The summed E-state index contributed by atoms with van der Waals surface area (Å²) in [6, 6.07) is 18.7. The van der Waals surface area contributed by atoms with E-state index < -0.39 is 0 Å². The van der Waals surface area contributed by atoms with E-state index in [1.807, 2.05) is 60.0 Å². The number of benzene rings is 2. The maximum absolute atomic E-state index is 13.2. The smallest absolute Gasteiger partial charge is 0.266 e. The Kier molecular flexibility index (Phi) is 5.55.